The Morgan fingerprint density at radius 1 is 1.20 bits per heavy atom. The molecule has 1 saturated heterocycles. The summed E-state index contributed by atoms with van der Waals surface area (Å²) in [5.41, 5.74) is 1.25. The normalized spacial score (nSPS) is 15.4. The van der Waals surface area contributed by atoms with Crippen LogP contribution in [0.5, 0.6) is 5.75 Å². The molecule has 134 valence electrons. The number of hydrogen-bond acceptors (Lipinski definition) is 5. The second kappa shape index (κ2) is 7.89. The molecule has 2 heterocycles. The highest BCUT2D eigenvalue weighted by atomic mass is 35.5. The molecule has 0 unspecified atom stereocenters. The minimum absolute atomic E-state index is 0.00770. The maximum atomic E-state index is 12.6. The first-order valence-electron chi connectivity index (χ1n) is 8.37. The largest absolute Gasteiger partial charge is 0.492 e. The summed E-state index contributed by atoms with van der Waals surface area (Å²) in [6, 6.07) is 7.36. The van der Waals surface area contributed by atoms with E-state index < -0.39 is 0 Å². The van der Waals surface area contributed by atoms with Crippen molar-refractivity contribution in [1.82, 2.24) is 15.0 Å². The monoisotopic (exact) mass is 363 g/mol. The van der Waals surface area contributed by atoms with Gasteiger partial charge in [-0.1, -0.05) is 16.8 Å². The van der Waals surface area contributed by atoms with Crippen LogP contribution in [0.25, 0.3) is 0 Å². The van der Waals surface area contributed by atoms with E-state index in [-0.39, 0.29) is 5.91 Å². The summed E-state index contributed by atoms with van der Waals surface area (Å²) in [5, 5.41) is 4.56. The Hall–Kier alpha value is -2.05. The Morgan fingerprint density at radius 2 is 1.88 bits per heavy atom. The van der Waals surface area contributed by atoms with E-state index >= 15 is 0 Å². The fourth-order valence-corrected chi connectivity index (χ4v) is 3.07. The van der Waals surface area contributed by atoms with Gasteiger partial charge in [-0.25, -0.2) is 0 Å². The summed E-state index contributed by atoms with van der Waals surface area (Å²) < 4.78 is 10.8. The van der Waals surface area contributed by atoms with Gasteiger partial charge < -0.3 is 14.2 Å². The van der Waals surface area contributed by atoms with E-state index in [4.69, 9.17) is 20.9 Å². The van der Waals surface area contributed by atoms with Crippen molar-refractivity contribution in [2.45, 2.75) is 13.8 Å². The number of carbonyl (C=O) groups excluding carboxylic acids is 1. The molecule has 1 aromatic heterocycles. The lowest BCUT2D eigenvalue weighted by Crippen LogP contribution is -2.49. The van der Waals surface area contributed by atoms with Crippen LogP contribution in [-0.2, 0) is 0 Å². The molecule has 0 saturated carbocycles. The summed E-state index contributed by atoms with van der Waals surface area (Å²) in [4.78, 5) is 16.8. The molecule has 1 amide bonds. The molecule has 1 aromatic carbocycles. The number of nitrogens with zero attached hydrogens (tertiary/aromatic N) is 3. The van der Waals surface area contributed by atoms with Gasteiger partial charge in [-0.15, -0.1) is 0 Å². The Kier molecular flexibility index (Phi) is 5.60. The molecule has 1 fully saturated rings. The molecule has 25 heavy (non-hydrogen) atoms. The van der Waals surface area contributed by atoms with Crippen molar-refractivity contribution in [1.29, 1.82) is 0 Å². The Morgan fingerprint density at radius 3 is 2.48 bits per heavy atom. The fourth-order valence-electron chi connectivity index (χ4n) is 2.94. The van der Waals surface area contributed by atoms with Gasteiger partial charge >= 0.3 is 0 Å². The predicted octanol–water partition coefficient (Wildman–Crippen LogP) is 2.78. The highest BCUT2D eigenvalue weighted by Gasteiger charge is 2.26. The zero-order valence-corrected chi connectivity index (χ0v) is 15.3. The van der Waals surface area contributed by atoms with Gasteiger partial charge in [-0.2, -0.15) is 0 Å². The van der Waals surface area contributed by atoms with E-state index in [2.05, 4.69) is 10.1 Å². The molecule has 0 N–H and O–H groups in total. The van der Waals surface area contributed by atoms with Crippen LogP contribution in [0, 0.1) is 13.8 Å². The molecule has 1 aliphatic rings. The zero-order chi connectivity index (χ0) is 17.8. The van der Waals surface area contributed by atoms with Crippen LogP contribution >= 0.6 is 11.6 Å². The van der Waals surface area contributed by atoms with Crippen molar-refractivity contribution in [3.63, 3.8) is 0 Å². The third-order valence-electron chi connectivity index (χ3n) is 4.40. The zero-order valence-electron chi connectivity index (χ0n) is 14.5. The maximum absolute atomic E-state index is 12.6. The van der Waals surface area contributed by atoms with E-state index in [1.807, 2.05) is 29.2 Å². The number of piperazine rings is 1. The number of rotatable bonds is 5. The van der Waals surface area contributed by atoms with Crippen molar-refractivity contribution >= 4 is 17.5 Å². The van der Waals surface area contributed by atoms with Gasteiger partial charge in [0.25, 0.3) is 5.91 Å². The summed E-state index contributed by atoms with van der Waals surface area (Å²) in [5.74, 6) is 1.41. The van der Waals surface area contributed by atoms with E-state index in [9.17, 15) is 4.79 Å². The van der Waals surface area contributed by atoms with Crippen LogP contribution in [0.3, 0.4) is 0 Å². The van der Waals surface area contributed by atoms with Crippen LogP contribution < -0.4 is 4.74 Å². The molecule has 6 nitrogen and oxygen atoms in total. The van der Waals surface area contributed by atoms with Crippen molar-refractivity contribution in [2.24, 2.45) is 0 Å². The molecule has 0 aliphatic carbocycles. The quantitative estimate of drug-likeness (QED) is 0.817. The number of benzene rings is 1. The highest BCUT2D eigenvalue weighted by molar-refractivity contribution is 6.30. The molecule has 0 radical (unpaired) electrons. The maximum Gasteiger partial charge on any atom is 0.259 e. The lowest BCUT2D eigenvalue weighted by Gasteiger charge is -2.34. The van der Waals surface area contributed by atoms with E-state index in [0.717, 1.165) is 25.4 Å². The lowest BCUT2D eigenvalue weighted by molar-refractivity contribution is 0.0618. The van der Waals surface area contributed by atoms with Gasteiger partial charge in [0.2, 0.25) is 0 Å². The van der Waals surface area contributed by atoms with Gasteiger partial charge in [0, 0.05) is 37.7 Å². The second-order valence-electron chi connectivity index (χ2n) is 6.14. The standard InChI is InChI=1S/C18H22ClN3O3/c1-13-17(14(2)25-20-13)18(23)22-9-7-21(8-10-22)11-12-24-16-5-3-15(19)4-6-16/h3-6H,7-12H2,1-2H3. The Labute approximate surface area is 152 Å². The smallest absolute Gasteiger partial charge is 0.259 e. The van der Waals surface area contributed by atoms with Gasteiger partial charge in [-0.05, 0) is 38.1 Å². The van der Waals surface area contributed by atoms with Crippen LogP contribution in [0.4, 0.5) is 0 Å². The lowest BCUT2D eigenvalue weighted by atomic mass is 10.1. The van der Waals surface area contributed by atoms with Crippen molar-refractivity contribution in [3.05, 3.63) is 46.3 Å². The van der Waals surface area contributed by atoms with Crippen molar-refractivity contribution in [2.75, 3.05) is 39.3 Å². The Bertz CT molecular complexity index is 702. The minimum Gasteiger partial charge on any atom is -0.492 e. The van der Waals surface area contributed by atoms with E-state index in [1.54, 1.807) is 13.8 Å². The molecule has 1 aliphatic heterocycles. The van der Waals surface area contributed by atoms with Crippen LogP contribution in [0.15, 0.2) is 28.8 Å². The molecule has 0 atom stereocenters. The Balaban J connectivity index is 1.44. The number of amides is 1. The number of ether oxygens (including phenoxy) is 1. The minimum atomic E-state index is 0.00770. The molecule has 7 heteroatoms. The summed E-state index contributed by atoms with van der Waals surface area (Å²) in [6.45, 7) is 8.08. The third-order valence-corrected chi connectivity index (χ3v) is 4.65. The first-order valence-corrected chi connectivity index (χ1v) is 8.75. The summed E-state index contributed by atoms with van der Waals surface area (Å²) in [7, 11) is 0. The van der Waals surface area contributed by atoms with Gasteiger partial charge in [0.1, 0.15) is 23.7 Å². The van der Waals surface area contributed by atoms with Gasteiger partial charge in [-0.3, -0.25) is 9.69 Å². The molecular formula is C18H22ClN3O3. The molecule has 0 bridgehead atoms. The van der Waals surface area contributed by atoms with Crippen molar-refractivity contribution in [3.8, 4) is 5.75 Å². The third kappa shape index (κ3) is 4.32. The SMILES string of the molecule is Cc1noc(C)c1C(=O)N1CCN(CCOc2ccc(Cl)cc2)CC1. The van der Waals surface area contributed by atoms with Crippen LogP contribution in [-0.4, -0.2) is 60.2 Å². The number of carbonyl (C=O) groups is 1. The van der Waals surface area contributed by atoms with Crippen molar-refractivity contribution < 1.29 is 14.1 Å². The van der Waals surface area contributed by atoms with E-state index in [1.165, 1.54) is 0 Å². The average molecular weight is 364 g/mol. The highest BCUT2D eigenvalue weighted by Crippen LogP contribution is 2.17. The van der Waals surface area contributed by atoms with Crippen LogP contribution in [0.1, 0.15) is 21.8 Å². The number of aryl methyl sites for hydroxylation is 2. The second-order valence-corrected chi connectivity index (χ2v) is 6.57. The molecule has 2 aromatic rings. The molecular weight excluding hydrogens is 342 g/mol. The van der Waals surface area contributed by atoms with Gasteiger partial charge in [0.15, 0.2) is 0 Å². The van der Waals surface area contributed by atoms with E-state index in [0.29, 0.717) is 41.7 Å². The van der Waals surface area contributed by atoms with Crippen LogP contribution in [0.2, 0.25) is 5.02 Å². The number of aromatic nitrogens is 1. The topological polar surface area (TPSA) is 58.8 Å². The molecule has 3 rings (SSSR count). The summed E-state index contributed by atoms with van der Waals surface area (Å²) in [6.07, 6.45) is 0. The predicted molar refractivity (Wildman–Crippen MR) is 95.3 cm³/mol. The first-order chi connectivity index (χ1) is 12.0. The van der Waals surface area contributed by atoms with Gasteiger partial charge in [0.05, 0.1) is 5.69 Å². The summed E-state index contributed by atoms with van der Waals surface area (Å²) >= 11 is 5.86. The average Bonchev–Trinajstić information content (AvgIpc) is 2.95. The number of halogens is 1. The fraction of sp³-hybridized carbons (Fsp3) is 0.444. The molecule has 0 spiro atoms. The first kappa shape index (κ1) is 17.8. The number of hydrogen-bond donors (Lipinski definition) is 0.